The van der Waals surface area contributed by atoms with Crippen LogP contribution in [0, 0.1) is 0 Å². The number of carbonyl (C=O) groups excluding carboxylic acids is 2. The van der Waals surface area contributed by atoms with E-state index in [1.807, 2.05) is 18.2 Å². The molecule has 2 aromatic rings. The van der Waals surface area contributed by atoms with E-state index in [1.165, 1.54) is 5.56 Å². The highest BCUT2D eigenvalue weighted by Crippen LogP contribution is 2.14. The third-order valence-electron chi connectivity index (χ3n) is 3.55. The fraction of sp³-hybridized carbons (Fsp3) is 0.222. The molecule has 2 rings (SSSR count). The predicted molar refractivity (Wildman–Crippen MR) is 92.5 cm³/mol. The van der Waals surface area contributed by atoms with Gasteiger partial charge in [-0.2, -0.15) is 0 Å². The van der Waals surface area contributed by atoms with Crippen molar-refractivity contribution in [2.24, 2.45) is 5.73 Å². The molecule has 0 saturated carbocycles. The van der Waals surface area contributed by atoms with E-state index >= 15 is 0 Å². The first-order valence-corrected chi connectivity index (χ1v) is 7.56. The molecule has 0 heterocycles. The third kappa shape index (κ3) is 4.57. The van der Waals surface area contributed by atoms with E-state index in [-0.39, 0.29) is 5.91 Å². The Bertz CT molecular complexity index is 696. The molecular weight excluding hydrogens is 290 g/mol. The minimum Gasteiger partial charge on any atom is -0.374 e. The molecule has 0 spiro atoms. The summed E-state index contributed by atoms with van der Waals surface area (Å²) < 4.78 is 0. The molecule has 1 atom stereocenters. The Morgan fingerprint density at radius 3 is 2.39 bits per heavy atom. The number of carbonyl (C=O) groups is 2. The van der Waals surface area contributed by atoms with E-state index in [2.05, 4.69) is 23.6 Å². The quantitative estimate of drug-likeness (QED) is 0.767. The van der Waals surface area contributed by atoms with Gasteiger partial charge in [-0.1, -0.05) is 19.1 Å². The summed E-state index contributed by atoms with van der Waals surface area (Å²) in [6, 6.07) is 14.1. The van der Waals surface area contributed by atoms with Gasteiger partial charge in [0, 0.05) is 16.9 Å². The van der Waals surface area contributed by atoms with Gasteiger partial charge in [0.15, 0.2) is 0 Å². The van der Waals surface area contributed by atoms with Crippen LogP contribution in [0.1, 0.15) is 29.8 Å². The van der Waals surface area contributed by atoms with Crippen molar-refractivity contribution < 1.29 is 9.59 Å². The van der Waals surface area contributed by atoms with Crippen LogP contribution < -0.4 is 16.4 Å². The Morgan fingerprint density at radius 2 is 1.78 bits per heavy atom. The van der Waals surface area contributed by atoms with E-state index < -0.39 is 11.9 Å². The van der Waals surface area contributed by atoms with Gasteiger partial charge in [0.05, 0.1) is 0 Å². The molecular formula is C18H21N3O2. The van der Waals surface area contributed by atoms with Crippen LogP contribution in [-0.2, 0) is 11.2 Å². The van der Waals surface area contributed by atoms with Gasteiger partial charge in [0.1, 0.15) is 6.04 Å². The average Bonchev–Trinajstić information content (AvgIpc) is 2.55. The van der Waals surface area contributed by atoms with Crippen LogP contribution in [-0.4, -0.2) is 17.9 Å². The molecule has 0 aromatic heterocycles. The number of nitrogens with one attached hydrogen (secondary N) is 2. The van der Waals surface area contributed by atoms with E-state index in [1.54, 1.807) is 31.2 Å². The minimum absolute atomic E-state index is 0.154. The molecule has 0 radical (unpaired) electrons. The standard InChI is InChI=1S/C18H21N3O2/c1-3-13-5-4-6-16(11-13)20-12(2)18(23)21-15-9-7-14(8-10-15)17(19)22/h4-12,20H,3H2,1-2H3,(H2,19,22)(H,21,23). The molecule has 5 heteroatoms. The van der Waals surface area contributed by atoms with Crippen molar-refractivity contribution in [1.82, 2.24) is 0 Å². The SMILES string of the molecule is CCc1cccc(NC(C)C(=O)Nc2ccc(C(N)=O)cc2)c1. The summed E-state index contributed by atoms with van der Waals surface area (Å²) in [5.41, 5.74) is 8.34. The summed E-state index contributed by atoms with van der Waals surface area (Å²) in [6.45, 7) is 3.89. The van der Waals surface area contributed by atoms with E-state index in [0.717, 1.165) is 12.1 Å². The monoisotopic (exact) mass is 311 g/mol. The average molecular weight is 311 g/mol. The van der Waals surface area contributed by atoms with Gasteiger partial charge < -0.3 is 16.4 Å². The molecule has 0 aliphatic carbocycles. The zero-order chi connectivity index (χ0) is 16.8. The zero-order valence-electron chi connectivity index (χ0n) is 13.3. The highest BCUT2D eigenvalue weighted by Gasteiger charge is 2.13. The normalized spacial score (nSPS) is 11.6. The lowest BCUT2D eigenvalue weighted by Gasteiger charge is -2.16. The lowest BCUT2D eigenvalue weighted by atomic mass is 10.1. The lowest BCUT2D eigenvalue weighted by molar-refractivity contribution is -0.116. The number of hydrogen-bond donors (Lipinski definition) is 3. The summed E-state index contributed by atoms with van der Waals surface area (Å²) >= 11 is 0. The van der Waals surface area contributed by atoms with Gasteiger partial charge in [-0.3, -0.25) is 9.59 Å². The van der Waals surface area contributed by atoms with Crippen LogP contribution in [0.2, 0.25) is 0 Å². The molecule has 0 aliphatic heterocycles. The third-order valence-corrected chi connectivity index (χ3v) is 3.55. The van der Waals surface area contributed by atoms with Crippen LogP contribution in [0.25, 0.3) is 0 Å². The van der Waals surface area contributed by atoms with Gasteiger partial charge in [-0.05, 0) is 55.3 Å². The Labute approximate surface area is 135 Å². The van der Waals surface area contributed by atoms with Crippen molar-refractivity contribution in [3.63, 3.8) is 0 Å². The largest absolute Gasteiger partial charge is 0.374 e. The number of benzene rings is 2. The summed E-state index contributed by atoms with van der Waals surface area (Å²) in [6.07, 6.45) is 0.947. The molecule has 1 unspecified atom stereocenters. The van der Waals surface area contributed by atoms with Gasteiger partial charge in [-0.15, -0.1) is 0 Å². The second kappa shape index (κ2) is 7.45. The molecule has 4 N–H and O–H groups in total. The predicted octanol–water partition coefficient (Wildman–Crippen LogP) is 2.79. The Kier molecular flexibility index (Phi) is 5.36. The summed E-state index contributed by atoms with van der Waals surface area (Å²) in [5, 5.41) is 5.98. The van der Waals surface area contributed by atoms with Gasteiger partial charge >= 0.3 is 0 Å². The minimum atomic E-state index is -0.492. The molecule has 0 saturated heterocycles. The number of primary amides is 1. The van der Waals surface area contributed by atoms with Crippen molar-refractivity contribution in [2.75, 3.05) is 10.6 Å². The maximum absolute atomic E-state index is 12.2. The van der Waals surface area contributed by atoms with Gasteiger partial charge in [0.25, 0.3) is 0 Å². The highest BCUT2D eigenvalue weighted by molar-refractivity contribution is 5.97. The summed E-state index contributed by atoms with van der Waals surface area (Å²) in [5.74, 6) is -0.646. The molecule has 2 aromatic carbocycles. The maximum Gasteiger partial charge on any atom is 0.248 e. The van der Waals surface area contributed by atoms with Crippen molar-refractivity contribution in [3.05, 3.63) is 59.7 Å². The number of aryl methyl sites for hydroxylation is 1. The van der Waals surface area contributed by atoms with E-state index in [9.17, 15) is 9.59 Å². The molecule has 0 bridgehead atoms. The first-order chi connectivity index (χ1) is 11.0. The molecule has 0 aliphatic rings. The van der Waals surface area contributed by atoms with Crippen molar-refractivity contribution in [2.45, 2.75) is 26.3 Å². The van der Waals surface area contributed by atoms with Crippen molar-refractivity contribution in [3.8, 4) is 0 Å². The fourth-order valence-corrected chi connectivity index (χ4v) is 2.16. The number of amides is 2. The second-order valence-electron chi connectivity index (χ2n) is 5.35. The number of nitrogens with two attached hydrogens (primary N) is 1. The Balaban J connectivity index is 1.97. The molecule has 5 nitrogen and oxygen atoms in total. The van der Waals surface area contributed by atoms with E-state index in [0.29, 0.717) is 11.3 Å². The lowest BCUT2D eigenvalue weighted by Crippen LogP contribution is -2.31. The smallest absolute Gasteiger partial charge is 0.248 e. The number of anilines is 2. The Morgan fingerprint density at radius 1 is 1.09 bits per heavy atom. The van der Waals surface area contributed by atoms with Crippen LogP contribution in [0.5, 0.6) is 0 Å². The second-order valence-corrected chi connectivity index (χ2v) is 5.35. The van der Waals surface area contributed by atoms with Crippen molar-refractivity contribution >= 4 is 23.2 Å². The fourth-order valence-electron chi connectivity index (χ4n) is 2.16. The molecule has 0 fully saturated rings. The van der Waals surface area contributed by atoms with Crippen LogP contribution in [0.3, 0.4) is 0 Å². The van der Waals surface area contributed by atoms with Gasteiger partial charge in [0.2, 0.25) is 11.8 Å². The first kappa shape index (κ1) is 16.5. The van der Waals surface area contributed by atoms with E-state index in [4.69, 9.17) is 5.73 Å². The molecule has 120 valence electrons. The molecule has 23 heavy (non-hydrogen) atoms. The number of rotatable bonds is 6. The zero-order valence-corrected chi connectivity index (χ0v) is 13.3. The first-order valence-electron chi connectivity index (χ1n) is 7.56. The summed E-state index contributed by atoms with van der Waals surface area (Å²) in [7, 11) is 0. The number of hydrogen-bond acceptors (Lipinski definition) is 3. The van der Waals surface area contributed by atoms with Crippen LogP contribution in [0.4, 0.5) is 11.4 Å². The summed E-state index contributed by atoms with van der Waals surface area (Å²) in [4.78, 5) is 23.2. The molecule has 2 amide bonds. The van der Waals surface area contributed by atoms with Crippen LogP contribution in [0.15, 0.2) is 48.5 Å². The van der Waals surface area contributed by atoms with Crippen molar-refractivity contribution in [1.29, 1.82) is 0 Å². The van der Waals surface area contributed by atoms with Crippen LogP contribution >= 0.6 is 0 Å². The highest BCUT2D eigenvalue weighted by atomic mass is 16.2. The topological polar surface area (TPSA) is 84.2 Å². The van der Waals surface area contributed by atoms with Gasteiger partial charge in [-0.25, -0.2) is 0 Å². The Hall–Kier alpha value is -2.82. The maximum atomic E-state index is 12.2.